The third kappa shape index (κ3) is 4.38. The van der Waals surface area contributed by atoms with Gasteiger partial charge in [-0.05, 0) is 54.6 Å². The molecule has 2 amide bonds. The van der Waals surface area contributed by atoms with E-state index in [1.54, 1.807) is 16.7 Å². The monoisotopic (exact) mass is 369 g/mol. The first kappa shape index (κ1) is 18.3. The van der Waals surface area contributed by atoms with Gasteiger partial charge in [0, 0.05) is 35.8 Å². The van der Waals surface area contributed by atoms with Gasteiger partial charge in [-0.25, -0.2) is 0 Å². The predicted molar refractivity (Wildman–Crippen MR) is 106 cm³/mol. The molecule has 2 aromatic carbocycles. The summed E-state index contributed by atoms with van der Waals surface area (Å²) in [7, 11) is 0. The number of carbonyl (C=O) groups is 2. The molecule has 26 heavy (non-hydrogen) atoms. The molecule has 0 bridgehead atoms. The molecule has 1 aliphatic rings. The van der Waals surface area contributed by atoms with E-state index < -0.39 is 0 Å². The van der Waals surface area contributed by atoms with E-state index in [9.17, 15) is 9.59 Å². The lowest BCUT2D eigenvalue weighted by Gasteiger charge is -2.17. The van der Waals surface area contributed by atoms with E-state index >= 15 is 0 Å². The van der Waals surface area contributed by atoms with Crippen molar-refractivity contribution in [2.45, 2.75) is 17.7 Å². The smallest absolute Gasteiger partial charge is 0.227 e. The van der Waals surface area contributed by atoms with Crippen molar-refractivity contribution in [3.8, 4) is 0 Å². The van der Waals surface area contributed by atoms with Crippen LogP contribution < -0.4 is 16.0 Å². The van der Waals surface area contributed by atoms with Crippen molar-refractivity contribution in [3.05, 3.63) is 54.1 Å². The number of carbonyl (C=O) groups excluding carboxylic acids is 2. The third-order valence-corrected chi connectivity index (χ3v) is 5.32. The molecule has 1 fully saturated rings. The third-order valence-electron chi connectivity index (χ3n) is 4.57. The number of hydrogen-bond acceptors (Lipinski definition) is 4. The SMILES string of the molecule is CSc1ccc(N2CC(C(=O)NCCc3ccc(N)cc3)CC2=O)cc1. The first-order chi connectivity index (χ1) is 12.6. The number of thioether (sulfide) groups is 1. The van der Waals surface area contributed by atoms with E-state index in [2.05, 4.69) is 5.32 Å². The average Bonchev–Trinajstić information content (AvgIpc) is 3.05. The van der Waals surface area contributed by atoms with Gasteiger partial charge in [0.15, 0.2) is 0 Å². The van der Waals surface area contributed by atoms with Gasteiger partial charge in [-0.3, -0.25) is 9.59 Å². The van der Waals surface area contributed by atoms with Gasteiger partial charge in [-0.2, -0.15) is 0 Å². The van der Waals surface area contributed by atoms with Crippen molar-refractivity contribution in [2.24, 2.45) is 5.92 Å². The van der Waals surface area contributed by atoms with E-state index in [4.69, 9.17) is 5.73 Å². The summed E-state index contributed by atoms with van der Waals surface area (Å²) < 4.78 is 0. The normalized spacial score (nSPS) is 16.7. The Labute approximate surface area is 157 Å². The highest BCUT2D eigenvalue weighted by Gasteiger charge is 2.34. The summed E-state index contributed by atoms with van der Waals surface area (Å²) in [6.07, 6.45) is 3.02. The molecule has 1 saturated heterocycles. The lowest BCUT2D eigenvalue weighted by atomic mass is 10.1. The van der Waals surface area contributed by atoms with E-state index in [-0.39, 0.29) is 24.2 Å². The van der Waals surface area contributed by atoms with Crippen LogP contribution in [0.1, 0.15) is 12.0 Å². The standard InChI is InChI=1S/C20H23N3O2S/c1-26-18-8-6-17(7-9-18)23-13-15(12-19(23)24)20(25)22-11-10-14-2-4-16(21)5-3-14/h2-9,15H,10-13,21H2,1H3,(H,22,25). The maximum absolute atomic E-state index is 12.4. The number of hydrogen-bond donors (Lipinski definition) is 2. The van der Waals surface area contributed by atoms with Crippen molar-refractivity contribution in [2.75, 3.05) is 30.0 Å². The lowest BCUT2D eigenvalue weighted by Crippen LogP contribution is -2.34. The molecule has 1 unspecified atom stereocenters. The minimum absolute atomic E-state index is 0.000543. The fraction of sp³-hybridized carbons (Fsp3) is 0.300. The van der Waals surface area contributed by atoms with Crippen LogP contribution in [0.4, 0.5) is 11.4 Å². The second kappa shape index (κ2) is 8.27. The maximum atomic E-state index is 12.4. The highest BCUT2D eigenvalue weighted by molar-refractivity contribution is 7.98. The molecule has 2 aromatic rings. The Hall–Kier alpha value is -2.47. The summed E-state index contributed by atoms with van der Waals surface area (Å²) in [5.41, 5.74) is 8.37. The summed E-state index contributed by atoms with van der Waals surface area (Å²) in [6.45, 7) is 0.987. The number of nitrogens with two attached hydrogens (primary N) is 1. The second-order valence-electron chi connectivity index (χ2n) is 6.39. The highest BCUT2D eigenvalue weighted by Crippen LogP contribution is 2.27. The molecule has 0 radical (unpaired) electrons. The number of nitrogen functional groups attached to an aromatic ring is 1. The zero-order valence-electron chi connectivity index (χ0n) is 14.8. The Morgan fingerprint density at radius 3 is 2.54 bits per heavy atom. The molecular formula is C20H23N3O2S. The van der Waals surface area contributed by atoms with Gasteiger partial charge in [0.1, 0.15) is 0 Å². The zero-order chi connectivity index (χ0) is 18.5. The molecule has 0 aliphatic carbocycles. The largest absolute Gasteiger partial charge is 0.399 e. The van der Waals surface area contributed by atoms with Crippen LogP contribution in [0.15, 0.2) is 53.4 Å². The molecular weight excluding hydrogens is 346 g/mol. The number of nitrogens with zero attached hydrogens (tertiary/aromatic N) is 1. The van der Waals surface area contributed by atoms with Crippen molar-refractivity contribution < 1.29 is 9.59 Å². The molecule has 1 heterocycles. The van der Waals surface area contributed by atoms with E-state index in [0.29, 0.717) is 13.1 Å². The Bertz CT molecular complexity index is 775. The topological polar surface area (TPSA) is 75.4 Å². The molecule has 3 N–H and O–H groups in total. The molecule has 6 heteroatoms. The van der Waals surface area contributed by atoms with Crippen LogP contribution in [0.3, 0.4) is 0 Å². The highest BCUT2D eigenvalue weighted by atomic mass is 32.2. The van der Waals surface area contributed by atoms with Gasteiger partial charge < -0.3 is 16.0 Å². The van der Waals surface area contributed by atoms with Crippen molar-refractivity contribution in [1.29, 1.82) is 0 Å². The molecule has 5 nitrogen and oxygen atoms in total. The lowest BCUT2D eigenvalue weighted by molar-refractivity contribution is -0.126. The van der Waals surface area contributed by atoms with Crippen LogP contribution in [-0.2, 0) is 16.0 Å². The Morgan fingerprint density at radius 2 is 1.88 bits per heavy atom. The molecule has 136 valence electrons. The summed E-state index contributed by atoms with van der Waals surface area (Å²) in [4.78, 5) is 27.6. The molecule has 3 rings (SSSR count). The molecule has 0 spiro atoms. The predicted octanol–water partition coefficient (Wildman–Crippen LogP) is 2.70. The number of anilines is 2. The summed E-state index contributed by atoms with van der Waals surface area (Å²) >= 11 is 1.66. The van der Waals surface area contributed by atoms with E-state index in [1.807, 2.05) is 54.8 Å². The zero-order valence-corrected chi connectivity index (χ0v) is 15.6. The average molecular weight is 369 g/mol. The van der Waals surface area contributed by atoms with Gasteiger partial charge in [-0.1, -0.05) is 12.1 Å². The van der Waals surface area contributed by atoms with Gasteiger partial charge in [-0.15, -0.1) is 11.8 Å². The van der Waals surface area contributed by atoms with Gasteiger partial charge in [0.05, 0.1) is 5.92 Å². The van der Waals surface area contributed by atoms with Gasteiger partial charge in [0.2, 0.25) is 11.8 Å². The first-order valence-electron chi connectivity index (χ1n) is 8.63. The molecule has 1 atom stereocenters. The molecule has 0 aromatic heterocycles. The van der Waals surface area contributed by atoms with Crippen molar-refractivity contribution in [1.82, 2.24) is 5.32 Å². The Morgan fingerprint density at radius 1 is 1.19 bits per heavy atom. The minimum Gasteiger partial charge on any atom is -0.399 e. The fourth-order valence-corrected chi connectivity index (χ4v) is 3.46. The van der Waals surface area contributed by atoms with E-state index in [1.165, 1.54) is 0 Å². The van der Waals surface area contributed by atoms with Crippen molar-refractivity contribution in [3.63, 3.8) is 0 Å². The summed E-state index contributed by atoms with van der Waals surface area (Å²) in [5, 5.41) is 2.95. The number of nitrogens with one attached hydrogen (secondary N) is 1. The fourth-order valence-electron chi connectivity index (χ4n) is 3.05. The minimum atomic E-state index is -0.297. The van der Waals surface area contributed by atoms with Crippen molar-refractivity contribution >= 4 is 35.0 Å². The quantitative estimate of drug-likeness (QED) is 0.606. The summed E-state index contributed by atoms with van der Waals surface area (Å²) in [5.74, 6) is -0.355. The molecule has 1 aliphatic heterocycles. The maximum Gasteiger partial charge on any atom is 0.227 e. The van der Waals surface area contributed by atoms with Crippen LogP contribution in [-0.4, -0.2) is 31.2 Å². The van der Waals surface area contributed by atoms with Crippen LogP contribution in [0.5, 0.6) is 0 Å². The Kier molecular flexibility index (Phi) is 5.83. The number of benzene rings is 2. The van der Waals surface area contributed by atoms with E-state index in [0.717, 1.165) is 28.3 Å². The van der Waals surface area contributed by atoms with Crippen LogP contribution >= 0.6 is 11.8 Å². The summed E-state index contributed by atoms with van der Waals surface area (Å²) in [6, 6.07) is 15.5. The first-order valence-corrected chi connectivity index (χ1v) is 9.86. The molecule has 0 saturated carbocycles. The van der Waals surface area contributed by atoms with Gasteiger partial charge in [0.25, 0.3) is 0 Å². The number of rotatable bonds is 6. The number of amides is 2. The van der Waals surface area contributed by atoms with Gasteiger partial charge >= 0.3 is 0 Å². The van der Waals surface area contributed by atoms with Crippen LogP contribution in [0, 0.1) is 5.92 Å². The van der Waals surface area contributed by atoms with Crippen LogP contribution in [0.25, 0.3) is 0 Å². The Balaban J connectivity index is 1.52. The van der Waals surface area contributed by atoms with Crippen LogP contribution in [0.2, 0.25) is 0 Å². The second-order valence-corrected chi connectivity index (χ2v) is 7.27.